The van der Waals surface area contributed by atoms with Gasteiger partial charge in [-0.2, -0.15) is 0 Å². The molecule has 2 rings (SSSR count). The lowest BCUT2D eigenvalue weighted by molar-refractivity contribution is -0.142. The van der Waals surface area contributed by atoms with Crippen LogP contribution in [-0.2, 0) is 9.47 Å². The van der Waals surface area contributed by atoms with Crippen molar-refractivity contribution in [2.45, 2.75) is 20.1 Å². The van der Waals surface area contributed by atoms with Gasteiger partial charge >= 0.3 is 0 Å². The van der Waals surface area contributed by atoms with Gasteiger partial charge in [-0.25, -0.2) is 4.68 Å². The van der Waals surface area contributed by atoms with Gasteiger partial charge in [0, 0.05) is 16.8 Å². The van der Waals surface area contributed by atoms with Gasteiger partial charge in [0.05, 0.1) is 11.9 Å². The molecule has 0 fully saturated rings. The van der Waals surface area contributed by atoms with E-state index in [1.165, 1.54) is 0 Å². The van der Waals surface area contributed by atoms with Crippen LogP contribution in [0.4, 0.5) is 0 Å². The van der Waals surface area contributed by atoms with Crippen molar-refractivity contribution in [2.24, 2.45) is 0 Å². The molecule has 1 heterocycles. The molecule has 1 aromatic heterocycles. The van der Waals surface area contributed by atoms with Gasteiger partial charge in [0.15, 0.2) is 0 Å². The van der Waals surface area contributed by atoms with Crippen LogP contribution >= 0.6 is 22.6 Å². The van der Waals surface area contributed by atoms with Crippen LogP contribution in [0.5, 0.6) is 0 Å². The van der Waals surface area contributed by atoms with Crippen molar-refractivity contribution >= 4 is 22.6 Å². The number of hydrogen-bond donors (Lipinski definition) is 0. The van der Waals surface area contributed by atoms with Gasteiger partial charge in [0.2, 0.25) is 6.29 Å². The minimum absolute atomic E-state index is 0.454. The van der Waals surface area contributed by atoms with E-state index >= 15 is 0 Å². The van der Waals surface area contributed by atoms with E-state index in [2.05, 4.69) is 32.9 Å². The second-order valence-electron chi connectivity index (χ2n) is 3.78. The molecule has 102 valence electrons. The Morgan fingerprint density at radius 1 is 1.21 bits per heavy atom. The van der Waals surface area contributed by atoms with E-state index in [4.69, 9.17) is 9.47 Å². The molecule has 5 nitrogen and oxygen atoms in total. The Hall–Kier alpha value is -0.990. The quantitative estimate of drug-likeness (QED) is 0.577. The van der Waals surface area contributed by atoms with E-state index in [-0.39, 0.29) is 0 Å². The maximum absolute atomic E-state index is 5.51. The molecule has 0 saturated carbocycles. The third kappa shape index (κ3) is 3.52. The maximum atomic E-state index is 5.51. The molecule has 0 atom stereocenters. The Morgan fingerprint density at radius 2 is 1.89 bits per heavy atom. The van der Waals surface area contributed by atoms with Crippen molar-refractivity contribution in [3.63, 3.8) is 0 Å². The van der Waals surface area contributed by atoms with Crippen molar-refractivity contribution in [3.8, 4) is 5.69 Å². The molecule has 0 spiro atoms. The molecule has 0 radical (unpaired) electrons. The number of halogens is 1. The summed E-state index contributed by atoms with van der Waals surface area (Å²) in [6.45, 7) is 4.99. The number of aromatic nitrogens is 3. The molecule has 0 aliphatic rings. The fourth-order valence-electron chi connectivity index (χ4n) is 1.66. The Labute approximate surface area is 126 Å². The Morgan fingerprint density at radius 3 is 2.53 bits per heavy atom. The molecule has 0 bridgehead atoms. The lowest BCUT2D eigenvalue weighted by atomic mass is 10.3. The van der Waals surface area contributed by atoms with Crippen LogP contribution in [0.2, 0.25) is 0 Å². The zero-order valence-corrected chi connectivity index (χ0v) is 13.1. The first kappa shape index (κ1) is 14.4. The smallest absolute Gasteiger partial charge is 0.204 e. The first-order chi connectivity index (χ1) is 9.26. The summed E-state index contributed by atoms with van der Waals surface area (Å²) >= 11 is 2.27. The highest BCUT2D eigenvalue weighted by molar-refractivity contribution is 14.1. The fraction of sp³-hybridized carbons (Fsp3) is 0.385. The second-order valence-corrected chi connectivity index (χ2v) is 4.94. The van der Waals surface area contributed by atoms with Crippen LogP contribution in [0.15, 0.2) is 30.5 Å². The molecular weight excluding hydrogens is 357 g/mol. The number of hydrogen-bond acceptors (Lipinski definition) is 4. The van der Waals surface area contributed by atoms with Crippen molar-refractivity contribution in [1.82, 2.24) is 15.0 Å². The molecule has 6 heteroatoms. The molecule has 0 aliphatic heterocycles. The molecular formula is C13H16IN3O2. The molecule has 19 heavy (non-hydrogen) atoms. The largest absolute Gasteiger partial charge is 0.347 e. The minimum Gasteiger partial charge on any atom is -0.347 e. The lowest BCUT2D eigenvalue weighted by Gasteiger charge is -2.13. The first-order valence-electron chi connectivity index (χ1n) is 6.16. The third-order valence-electron chi connectivity index (χ3n) is 2.49. The standard InChI is InChI=1S/C13H16IN3O2/c1-3-18-13(19-4-2)11-9-17(16-15-11)12-8-6-5-7-10(12)14/h5-9,13H,3-4H2,1-2H3. The summed E-state index contributed by atoms with van der Waals surface area (Å²) in [5.41, 5.74) is 1.68. The van der Waals surface area contributed by atoms with Gasteiger partial charge in [-0.3, -0.25) is 0 Å². The highest BCUT2D eigenvalue weighted by Crippen LogP contribution is 2.20. The molecule has 0 saturated heterocycles. The summed E-state index contributed by atoms with van der Waals surface area (Å²) in [6.07, 6.45) is 1.39. The van der Waals surface area contributed by atoms with Gasteiger partial charge in [0.25, 0.3) is 0 Å². The predicted octanol–water partition coefficient (Wildman–Crippen LogP) is 2.94. The Kier molecular flexibility index (Phi) is 5.29. The summed E-state index contributed by atoms with van der Waals surface area (Å²) in [4.78, 5) is 0. The molecule has 2 aromatic rings. The number of ether oxygens (including phenoxy) is 2. The molecule has 0 N–H and O–H groups in total. The minimum atomic E-state index is -0.454. The van der Waals surface area contributed by atoms with E-state index in [0.29, 0.717) is 18.9 Å². The average molecular weight is 373 g/mol. The second kappa shape index (κ2) is 6.97. The van der Waals surface area contributed by atoms with Crippen LogP contribution in [0.3, 0.4) is 0 Å². The third-order valence-corrected chi connectivity index (χ3v) is 3.40. The monoisotopic (exact) mass is 373 g/mol. The number of rotatable bonds is 6. The molecule has 1 aromatic carbocycles. The number of para-hydroxylation sites is 1. The van der Waals surface area contributed by atoms with Crippen LogP contribution in [-0.4, -0.2) is 28.2 Å². The first-order valence-corrected chi connectivity index (χ1v) is 7.24. The van der Waals surface area contributed by atoms with Gasteiger partial charge in [-0.15, -0.1) is 5.10 Å². The Bertz CT molecular complexity index is 524. The maximum Gasteiger partial charge on any atom is 0.204 e. The van der Waals surface area contributed by atoms with Crippen molar-refractivity contribution < 1.29 is 9.47 Å². The van der Waals surface area contributed by atoms with Crippen molar-refractivity contribution in [1.29, 1.82) is 0 Å². The van der Waals surface area contributed by atoms with Crippen molar-refractivity contribution in [2.75, 3.05) is 13.2 Å². The highest BCUT2D eigenvalue weighted by Gasteiger charge is 2.16. The zero-order chi connectivity index (χ0) is 13.7. The summed E-state index contributed by atoms with van der Waals surface area (Å²) in [5, 5.41) is 8.27. The topological polar surface area (TPSA) is 49.2 Å². The van der Waals surface area contributed by atoms with Crippen LogP contribution in [0, 0.1) is 3.57 Å². The van der Waals surface area contributed by atoms with E-state index < -0.39 is 6.29 Å². The SMILES string of the molecule is CCOC(OCC)c1cn(-c2ccccc2I)nn1. The van der Waals surface area contributed by atoms with E-state index in [9.17, 15) is 0 Å². The van der Waals surface area contributed by atoms with Crippen LogP contribution in [0.25, 0.3) is 5.69 Å². The van der Waals surface area contributed by atoms with Crippen molar-refractivity contribution in [3.05, 3.63) is 39.7 Å². The number of benzene rings is 1. The van der Waals surface area contributed by atoms with Gasteiger partial charge in [-0.05, 0) is 48.6 Å². The fourth-order valence-corrected chi connectivity index (χ4v) is 2.30. The summed E-state index contributed by atoms with van der Waals surface area (Å²) in [6, 6.07) is 7.99. The average Bonchev–Trinajstić information content (AvgIpc) is 2.88. The lowest BCUT2D eigenvalue weighted by Crippen LogP contribution is -2.09. The van der Waals surface area contributed by atoms with Gasteiger partial charge in [-0.1, -0.05) is 17.3 Å². The van der Waals surface area contributed by atoms with E-state index in [0.717, 1.165) is 9.26 Å². The van der Waals surface area contributed by atoms with E-state index in [1.807, 2.05) is 44.3 Å². The highest BCUT2D eigenvalue weighted by atomic mass is 127. The van der Waals surface area contributed by atoms with Gasteiger partial charge < -0.3 is 9.47 Å². The van der Waals surface area contributed by atoms with Crippen LogP contribution in [0.1, 0.15) is 25.8 Å². The normalized spacial score (nSPS) is 11.2. The zero-order valence-electron chi connectivity index (χ0n) is 10.9. The number of nitrogens with zero attached hydrogens (tertiary/aromatic N) is 3. The molecule has 0 aliphatic carbocycles. The Balaban J connectivity index is 2.25. The summed E-state index contributed by atoms with van der Waals surface area (Å²) in [5.74, 6) is 0. The molecule has 0 unspecified atom stereocenters. The van der Waals surface area contributed by atoms with Crippen LogP contribution < -0.4 is 0 Å². The predicted molar refractivity (Wildman–Crippen MR) is 80.1 cm³/mol. The summed E-state index contributed by atoms with van der Waals surface area (Å²) < 4.78 is 13.9. The summed E-state index contributed by atoms with van der Waals surface area (Å²) in [7, 11) is 0. The molecule has 0 amide bonds. The van der Waals surface area contributed by atoms with Gasteiger partial charge in [0.1, 0.15) is 5.69 Å². The van der Waals surface area contributed by atoms with E-state index in [1.54, 1.807) is 4.68 Å².